The van der Waals surface area contributed by atoms with Crippen LogP contribution in [0.5, 0.6) is 0 Å². The van der Waals surface area contributed by atoms with E-state index < -0.39 is 29.9 Å². The number of carbonyl (C=O) groups excluding carboxylic acids is 2. The molecule has 1 N–H and O–H groups in total. The summed E-state index contributed by atoms with van der Waals surface area (Å²) in [6.45, 7) is 1.48. The van der Waals surface area contributed by atoms with Gasteiger partial charge in [-0.3, -0.25) is 4.79 Å². The zero-order valence-corrected chi connectivity index (χ0v) is 19.0. The molecule has 1 aromatic rings. The number of nitrogens with zero attached hydrogens (tertiary/aromatic N) is 1. The van der Waals surface area contributed by atoms with Gasteiger partial charge in [0.25, 0.3) is 0 Å². The number of esters is 1. The second-order valence-electron chi connectivity index (χ2n) is 7.70. The summed E-state index contributed by atoms with van der Waals surface area (Å²) in [6, 6.07) is 0. The number of rotatable bonds is 11. The number of halogens is 3. The molecule has 0 aliphatic heterocycles. The van der Waals surface area contributed by atoms with E-state index in [2.05, 4.69) is 9.72 Å². The molecular formula is C21H26F3NO4S2. The van der Waals surface area contributed by atoms with Crippen LogP contribution in [0.4, 0.5) is 13.2 Å². The van der Waals surface area contributed by atoms with E-state index in [9.17, 15) is 27.9 Å². The summed E-state index contributed by atoms with van der Waals surface area (Å²) in [5.41, 5.74) is -1.04. The lowest BCUT2D eigenvalue weighted by atomic mass is 9.90. The molecule has 10 heteroatoms. The van der Waals surface area contributed by atoms with Gasteiger partial charge in [-0.1, -0.05) is 23.9 Å². The smallest absolute Gasteiger partial charge is 0.357 e. The fraction of sp³-hybridized carbons (Fsp3) is 0.571. The molecule has 3 atom stereocenters. The molecule has 1 heterocycles. The lowest BCUT2D eigenvalue weighted by molar-refractivity contribution is -0.121. The highest BCUT2D eigenvalue weighted by Gasteiger charge is 2.32. The van der Waals surface area contributed by atoms with Gasteiger partial charge in [0, 0.05) is 29.9 Å². The molecule has 1 fully saturated rings. The zero-order valence-electron chi connectivity index (χ0n) is 17.4. The molecule has 31 heavy (non-hydrogen) atoms. The Morgan fingerprint density at radius 1 is 1.45 bits per heavy atom. The van der Waals surface area contributed by atoms with Crippen molar-refractivity contribution >= 4 is 34.9 Å². The van der Waals surface area contributed by atoms with Crippen molar-refractivity contribution in [2.24, 2.45) is 11.8 Å². The number of carbonyl (C=O) groups is 2. The van der Waals surface area contributed by atoms with E-state index in [-0.39, 0.29) is 36.2 Å². The van der Waals surface area contributed by atoms with Gasteiger partial charge in [0.2, 0.25) is 0 Å². The molecule has 5 nitrogen and oxygen atoms in total. The van der Waals surface area contributed by atoms with Crippen molar-refractivity contribution < 1.29 is 32.6 Å². The number of hydrogen-bond donors (Lipinski definition) is 1. The predicted octanol–water partition coefficient (Wildman–Crippen LogP) is 5.56. The molecule has 0 bridgehead atoms. The number of allylic oxidation sites excluding steroid dienone is 2. The summed E-state index contributed by atoms with van der Waals surface area (Å²) in [4.78, 5) is 27.9. The summed E-state index contributed by atoms with van der Waals surface area (Å²) in [6.07, 6.45) is 2.73. The van der Waals surface area contributed by atoms with Gasteiger partial charge in [-0.15, -0.1) is 11.3 Å². The van der Waals surface area contributed by atoms with Gasteiger partial charge in [-0.05, 0) is 38.5 Å². The molecule has 1 aliphatic rings. The quantitative estimate of drug-likeness (QED) is 0.255. The van der Waals surface area contributed by atoms with E-state index in [0.29, 0.717) is 18.6 Å². The van der Waals surface area contributed by atoms with Gasteiger partial charge in [0.05, 0.1) is 12.7 Å². The predicted molar refractivity (Wildman–Crippen MR) is 114 cm³/mol. The Hall–Kier alpha value is -1.65. The number of methoxy groups -OCH3 is 1. The standard InChI is InChI=1S/C21H26F3NO4S2/c1-21(28,10-7-15(22)18(23)24)9-3-4-13-5-6-17(26)14(13)8-11-30-20-25-16(12-31-20)19(27)29-2/h3-4,12-14,28H,5-11H2,1-2H3/t13-,14-,21?/m1/s1. The second kappa shape index (κ2) is 11.8. The van der Waals surface area contributed by atoms with Crippen LogP contribution in [-0.2, 0) is 9.53 Å². The number of thiazole rings is 1. The van der Waals surface area contributed by atoms with Crippen LogP contribution in [0.15, 0.2) is 33.8 Å². The Morgan fingerprint density at radius 3 is 2.87 bits per heavy atom. The number of aliphatic hydroxyl groups is 1. The zero-order chi connectivity index (χ0) is 23.0. The molecular weight excluding hydrogens is 451 g/mol. The van der Waals surface area contributed by atoms with Gasteiger partial charge < -0.3 is 9.84 Å². The van der Waals surface area contributed by atoms with E-state index >= 15 is 0 Å². The van der Waals surface area contributed by atoms with E-state index in [0.717, 1.165) is 10.8 Å². The Balaban J connectivity index is 1.83. The lowest BCUT2D eigenvalue weighted by Crippen LogP contribution is -2.23. The Morgan fingerprint density at radius 2 is 2.19 bits per heavy atom. The van der Waals surface area contributed by atoms with Crippen LogP contribution in [-0.4, -0.2) is 40.3 Å². The number of Topliss-reactive ketones (excluding diaryl/α,β-unsaturated/α-hetero) is 1. The van der Waals surface area contributed by atoms with E-state index in [4.69, 9.17) is 0 Å². The molecule has 0 saturated heterocycles. The van der Waals surface area contributed by atoms with E-state index in [1.165, 1.54) is 37.1 Å². The van der Waals surface area contributed by atoms with Gasteiger partial charge in [-0.2, -0.15) is 8.78 Å². The molecule has 0 aromatic carbocycles. The summed E-state index contributed by atoms with van der Waals surface area (Å²) < 4.78 is 42.6. The van der Waals surface area contributed by atoms with Crippen molar-refractivity contribution in [1.29, 1.82) is 0 Å². The first-order valence-corrected chi connectivity index (χ1v) is 11.8. The van der Waals surface area contributed by atoms with Crippen LogP contribution in [0.2, 0.25) is 0 Å². The monoisotopic (exact) mass is 477 g/mol. The molecule has 0 amide bonds. The normalized spacial score (nSPS) is 20.8. The second-order valence-corrected chi connectivity index (χ2v) is 9.90. The fourth-order valence-corrected chi connectivity index (χ4v) is 5.30. The van der Waals surface area contributed by atoms with Crippen molar-refractivity contribution in [3.05, 3.63) is 35.1 Å². The van der Waals surface area contributed by atoms with Gasteiger partial charge >= 0.3 is 12.0 Å². The minimum Gasteiger partial charge on any atom is -0.464 e. The molecule has 1 aromatic heterocycles. The van der Waals surface area contributed by atoms with Gasteiger partial charge in [-0.25, -0.2) is 14.2 Å². The van der Waals surface area contributed by atoms with Gasteiger partial charge in [0.15, 0.2) is 15.9 Å². The maximum Gasteiger partial charge on any atom is 0.357 e. The Labute approximate surface area is 187 Å². The molecule has 172 valence electrons. The summed E-state index contributed by atoms with van der Waals surface area (Å²) >= 11 is 2.83. The van der Waals surface area contributed by atoms with Crippen LogP contribution >= 0.6 is 23.1 Å². The molecule has 2 rings (SSSR count). The molecule has 1 aliphatic carbocycles. The minimum absolute atomic E-state index is 0.0470. The molecule has 1 unspecified atom stereocenters. The molecule has 1 saturated carbocycles. The van der Waals surface area contributed by atoms with Crippen molar-refractivity contribution in [1.82, 2.24) is 4.98 Å². The first-order chi connectivity index (χ1) is 14.6. The first kappa shape index (κ1) is 25.6. The third kappa shape index (κ3) is 8.08. The number of ketones is 1. The summed E-state index contributed by atoms with van der Waals surface area (Å²) in [5.74, 6) is -1.19. The Kier molecular flexibility index (Phi) is 9.77. The topological polar surface area (TPSA) is 76.5 Å². The summed E-state index contributed by atoms with van der Waals surface area (Å²) in [7, 11) is 1.30. The SMILES string of the molecule is COC(=O)c1csc(SCC[C@H]2C(=O)CC[C@H]2C=CCC(C)(O)CCC(F)=C(F)F)n1. The number of aromatic nitrogens is 1. The minimum atomic E-state index is -2.35. The van der Waals surface area contributed by atoms with Crippen LogP contribution in [0.3, 0.4) is 0 Å². The van der Waals surface area contributed by atoms with Crippen LogP contribution < -0.4 is 0 Å². The number of thioether (sulfide) groups is 1. The van der Waals surface area contributed by atoms with Crippen molar-refractivity contribution in [2.75, 3.05) is 12.9 Å². The highest BCUT2D eigenvalue weighted by molar-refractivity contribution is 8.01. The summed E-state index contributed by atoms with van der Waals surface area (Å²) in [5, 5.41) is 11.9. The first-order valence-electron chi connectivity index (χ1n) is 9.91. The molecule has 0 radical (unpaired) electrons. The largest absolute Gasteiger partial charge is 0.464 e. The third-order valence-electron chi connectivity index (χ3n) is 5.22. The maximum absolute atomic E-state index is 13.0. The molecule has 0 spiro atoms. The van der Waals surface area contributed by atoms with E-state index in [1.54, 1.807) is 11.5 Å². The van der Waals surface area contributed by atoms with Crippen molar-refractivity contribution in [3.63, 3.8) is 0 Å². The fourth-order valence-electron chi connectivity index (χ4n) is 3.41. The highest BCUT2D eigenvalue weighted by atomic mass is 32.2. The lowest BCUT2D eigenvalue weighted by Gasteiger charge is -2.21. The third-order valence-corrected chi connectivity index (χ3v) is 7.27. The van der Waals surface area contributed by atoms with Crippen molar-refractivity contribution in [2.45, 2.75) is 55.4 Å². The average Bonchev–Trinajstić information content (AvgIpc) is 3.33. The number of ether oxygens (including phenoxy) is 1. The Bertz CT molecular complexity index is 834. The highest BCUT2D eigenvalue weighted by Crippen LogP contribution is 2.35. The number of hydrogen-bond acceptors (Lipinski definition) is 7. The average molecular weight is 478 g/mol. The maximum atomic E-state index is 13.0. The van der Waals surface area contributed by atoms with Gasteiger partial charge in [0.1, 0.15) is 5.78 Å². The van der Waals surface area contributed by atoms with Crippen LogP contribution in [0.25, 0.3) is 0 Å². The van der Waals surface area contributed by atoms with Crippen LogP contribution in [0, 0.1) is 11.8 Å². The van der Waals surface area contributed by atoms with Crippen LogP contribution in [0.1, 0.15) is 55.9 Å². The van der Waals surface area contributed by atoms with E-state index in [1.807, 2.05) is 6.08 Å². The van der Waals surface area contributed by atoms with Crippen molar-refractivity contribution in [3.8, 4) is 0 Å².